The van der Waals surface area contributed by atoms with E-state index >= 15 is 0 Å². The SMILES string of the molecule is CCCc1nccn1-c1ccc([C@@H](C)O)cc1. The number of aromatic nitrogens is 2. The lowest BCUT2D eigenvalue weighted by atomic mass is 10.1. The van der Waals surface area contributed by atoms with Crippen LogP contribution in [0.5, 0.6) is 0 Å². The van der Waals surface area contributed by atoms with Crippen molar-refractivity contribution in [3.05, 3.63) is 48.0 Å². The molecule has 2 rings (SSSR count). The lowest BCUT2D eigenvalue weighted by molar-refractivity contribution is 0.199. The predicted molar refractivity (Wildman–Crippen MR) is 68.2 cm³/mol. The predicted octanol–water partition coefficient (Wildman–Crippen LogP) is 2.88. The molecule has 3 nitrogen and oxygen atoms in total. The van der Waals surface area contributed by atoms with Crippen LogP contribution in [0.2, 0.25) is 0 Å². The van der Waals surface area contributed by atoms with Crippen LogP contribution in [0.25, 0.3) is 5.69 Å². The number of hydrogen-bond donors (Lipinski definition) is 1. The van der Waals surface area contributed by atoms with E-state index in [0.29, 0.717) is 0 Å². The number of aliphatic hydroxyl groups is 1. The summed E-state index contributed by atoms with van der Waals surface area (Å²) in [5, 5.41) is 9.46. The molecule has 1 aromatic carbocycles. The van der Waals surface area contributed by atoms with Crippen molar-refractivity contribution in [3.8, 4) is 5.69 Å². The highest BCUT2D eigenvalue weighted by atomic mass is 16.3. The molecule has 1 heterocycles. The van der Waals surface area contributed by atoms with Crippen molar-refractivity contribution in [2.24, 2.45) is 0 Å². The van der Waals surface area contributed by atoms with Crippen LogP contribution < -0.4 is 0 Å². The lowest BCUT2D eigenvalue weighted by Gasteiger charge is -2.09. The molecule has 0 amide bonds. The summed E-state index contributed by atoms with van der Waals surface area (Å²) in [5.74, 6) is 1.08. The van der Waals surface area contributed by atoms with E-state index in [0.717, 1.165) is 29.9 Å². The van der Waals surface area contributed by atoms with Crippen molar-refractivity contribution in [1.29, 1.82) is 0 Å². The van der Waals surface area contributed by atoms with E-state index in [1.807, 2.05) is 36.7 Å². The highest BCUT2D eigenvalue weighted by Crippen LogP contribution is 2.17. The Morgan fingerprint density at radius 1 is 1.29 bits per heavy atom. The largest absolute Gasteiger partial charge is 0.389 e. The summed E-state index contributed by atoms with van der Waals surface area (Å²) in [4.78, 5) is 4.35. The second-order valence-electron chi connectivity index (χ2n) is 4.23. The Balaban J connectivity index is 2.30. The zero-order chi connectivity index (χ0) is 12.3. The Morgan fingerprint density at radius 2 is 2.00 bits per heavy atom. The highest BCUT2D eigenvalue weighted by Gasteiger charge is 2.05. The summed E-state index contributed by atoms with van der Waals surface area (Å²) >= 11 is 0. The maximum absolute atomic E-state index is 9.46. The molecule has 17 heavy (non-hydrogen) atoms. The van der Waals surface area contributed by atoms with Crippen molar-refractivity contribution in [1.82, 2.24) is 9.55 Å². The van der Waals surface area contributed by atoms with E-state index in [4.69, 9.17) is 0 Å². The summed E-state index contributed by atoms with van der Waals surface area (Å²) in [6.07, 6.45) is 5.45. The third-order valence-electron chi connectivity index (χ3n) is 2.84. The van der Waals surface area contributed by atoms with Crippen LogP contribution in [0.4, 0.5) is 0 Å². The molecule has 1 atom stereocenters. The second-order valence-corrected chi connectivity index (χ2v) is 4.23. The minimum Gasteiger partial charge on any atom is -0.389 e. The Bertz CT molecular complexity index is 471. The molecule has 0 unspecified atom stereocenters. The smallest absolute Gasteiger partial charge is 0.113 e. The van der Waals surface area contributed by atoms with Gasteiger partial charge in [0.2, 0.25) is 0 Å². The lowest BCUT2D eigenvalue weighted by Crippen LogP contribution is -2.00. The molecule has 2 aromatic rings. The van der Waals surface area contributed by atoms with E-state index < -0.39 is 6.10 Å². The van der Waals surface area contributed by atoms with Gasteiger partial charge in [-0.15, -0.1) is 0 Å². The van der Waals surface area contributed by atoms with E-state index in [1.54, 1.807) is 6.92 Å². The third kappa shape index (κ3) is 2.56. The fourth-order valence-electron chi connectivity index (χ4n) is 1.89. The summed E-state index contributed by atoms with van der Waals surface area (Å²) in [6.45, 7) is 3.92. The third-order valence-corrected chi connectivity index (χ3v) is 2.84. The van der Waals surface area contributed by atoms with Gasteiger partial charge in [-0.05, 0) is 31.0 Å². The van der Waals surface area contributed by atoms with Gasteiger partial charge in [-0.25, -0.2) is 4.98 Å². The van der Waals surface area contributed by atoms with Crippen LogP contribution >= 0.6 is 0 Å². The number of aliphatic hydroxyl groups excluding tert-OH is 1. The molecule has 0 bridgehead atoms. The normalized spacial score (nSPS) is 12.6. The van der Waals surface area contributed by atoms with Gasteiger partial charge in [-0.2, -0.15) is 0 Å². The van der Waals surface area contributed by atoms with Crippen LogP contribution in [-0.4, -0.2) is 14.7 Å². The van der Waals surface area contributed by atoms with Crippen molar-refractivity contribution in [2.75, 3.05) is 0 Å². The zero-order valence-corrected chi connectivity index (χ0v) is 10.3. The van der Waals surface area contributed by atoms with E-state index in [1.165, 1.54) is 0 Å². The van der Waals surface area contributed by atoms with Crippen molar-refractivity contribution >= 4 is 0 Å². The Morgan fingerprint density at radius 3 is 2.59 bits per heavy atom. The maximum Gasteiger partial charge on any atom is 0.113 e. The van der Waals surface area contributed by atoms with Crippen LogP contribution in [0, 0.1) is 0 Å². The van der Waals surface area contributed by atoms with E-state index in [2.05, 4.69) is 16.5 Å². The molecular formula is C14H18N2O. The molecule has 3 heteroatoms. The maximum atomic E-state index is 9.46. The summed E-state index contributed by atoms with van der Waals surface area (Å²) in [6, 6.07) is 7.94. The van der Waals surface area contributed by atoms with Gasteiger partial charge in [-0.1, -0.05) is 19.1 Å². The molecule has 1 N–H and O–H groups in total. The fraction of sp³-hybridized carbons (Fsp3) is 0.357. The standard InChI is InChI=1S/C14H18N2O/c1-3-4-14-15-9-10-16(14)13-7-5-12(6-8-13)11(2)17/h5-11,17H,3-4H2,1-2H3/t11-/m1/s1. The molecule has 0 saturated heterocycles. The van der Waals surface area contributed by atoms with Gasteiger partial charge in [-0.3, -0.25) is 0 Å². The topological polar surface area (TPSA) is 38.0 Å². The van der Waals surface area contributed by atoms with Gasteiger partial charge in [0.1, 0.15) is 5.82 Å². The molecule has 0 radical (unpaired) electrons. The van der Waals surface area contributed by atoms with Crippen molar-refractivity contribution < 1.29 is 5.11 Å². The molecule has 0 fully saturated rings. The zero-order valence-electron chi connectivity index (χ0n) is 10.3. The molecule has 0 aliphatic carbocycles. The Labute approximate surface area is 102 Å². The minimum atomic E-state index is -0.415. The van der Waals surface area contributed by atoms with Gasteiger partial charge in [0, 0.05) is 24.5 Å². The quantitative estimate of drug-likeness (QED) is 0.877. The van der Waals surface area contributed by atoms with Crippen molar-refractivity contribution in [2.45, 2.75) is 32.8 Å². The van der Waals surface area contributed by atoms with Crippen LogP contribution in [0.1, 0.15) is 37.8 Å². The minimum absolute atomic E-state index is 0.415. The molecule has 0 spiro atoms. The average molecular weight is 230 g/mol. The molecule has 0 aliphatic heterocycles. The molecule has 0 aliphatic rings. The molecule has 0 saturated carbocycles. The van der Waals surface area contributed by atoms with Crippen LogP contribution in [-0.2, 0) is 6.42 Å². The number of imidazole rings is 1. The number of hydrogen-bond acceptors (Lipinski definition) is 2. The van der Waals surface area contributed by atoms with Gasteiger partial charge >= 0.3 is 0 Å². The molecule has 90 valence electrons. The van der Waals surface area contributed by atoms with E-state index in [9.17, 15) is 5.11 Å². The molecule has 1 aromatic heterocycles. The summed E-state index contributed by atoms with van der Waals surface area (Å²) < 4.78 is 2.09. The first kappa shape index (κ1) is 11.9. The van der Waals surface area contributed by atoms with Gasteiger partial charge in [0.05, 0.1) is 6.10 Å². The van der Waals surface area contributed by atoms with Gasteiger partial charge in [0.25, 0.3) is 0 Å². The first-order chi connectivity index (χ1) is 8.22. The Kier molecular flexibility index (Phi) is 3.59. The number of aryl methyl sites for hydroxylation is 1. The highest BCUT2D eigenvalue weighted by molar-refractivity contribution is 5.36. The summed E-state index contributed by atoms with van der Waals surface area (Å²) in [5.41, 5.74) is 2.03. The first-order valence-corrected chi connectivity index (χ1v) is 6.03. The van der Waals surface area contributed by atoms with Gasteiger partial charge in [0.15, 0.2) is 0 Å². The van der Waals surface area contributed by atoms with E-state index in [-0.39, 0.29) is 0 Å². The molecular weight excluding hydrogens is 212 g/mol. The average Bonchev–Trinajstić information content (AvgIpc) is 2.78. The van der Waals surface area contributed by atoms with Gasteiger partial charge < -0.3 is 9.67 Å². The number of rotatable bonds is 4. The fourth-order valence-corrected chi connectivity index (χ4v) is 1.89. The van der Waals surface area contributed by atoms with Crippen LogP contribution in [0.15, 0.2) is 36.7 Å². The first-order valence-electron chi connectivity index (χ1n) is 6.03. The monoisotopic (exact) mass is 230 g/mol. The number of benzene rings is 1. The summed E-state index contributed by atoms with van der Waals surface area (Å²) in [7, 11) is 0. The number of nitrogens with zero attached hydrogens (tertiary/aromatic N) is 2. The van der Waals surface area contributed by atoms with Crippen LogP contribution in [0.3, 0.4) is 0 Å². The Hall–Kier alpha value is -1.61. The van der Waals surface area contributed by atoms with Crippen molar-refractivity contribution in [3.63, 3.8) is 0 Å². The second kappa shape index (κ2) is 5.15.